The number of rotatable bonds is 4. The highest BCUT2D eigenvalue weighted by molar-refractivity contribution is 6.31. The lowest BCUT2D eigenvalue weighted by Gasteiger charge is -2.35. The summed E-state index contributed by atoms with van der Waals surface area (Å²) in [6.45, 7) is 4.44. The van der Waals surface area contributed by atoms with Gasteiger partial charge in [0, 0.05) is 42.3 Å². The predicted molar refractivity (Wildman–Crippen MR) is 116 cm³/mol. The van der Waals surface area contributed by atoms with Crippen LogP contribution in [-0.2, 0) is 11.2 Å². The number of benzene rings is 2. The Morgan fingerprint density at radius 2 is 1.73 bits per heavy atom. The second-order valence-electron chi connectivity index (χ2n) is 7.39. The average molecular weight is 425 g/mol. The average Bonchev–Trinajstić information content (AvgIpc) is 2.77. The summed E-state index contributed by atoms with van der Waals surface area (Å²) >= 11 is 6.05. The molecular weight excluding hydrogens is 403 g/mol. The molecule has 0 atom stereocenters. The first-order valence-corrected chi connectivity index (χ1v) is 10.3. The molecule has 1 fully saturated rings. The number of nitrogens with zero attached hydrogens (tertiary/aromatic N) is 4. The number of carbonyl (C=O) groups excluding carboxylic acids is 1. The maximum Gasteiger partial charge on any atom is 0.227 e. The number of halogens is 2. The summed E-state index contributed by atoms with van der Waals surface area (Å²) in [7, 11) is 0. The number of piperazine rings is 1. The Kier molecular flexibility index (Phi) is 5.95. The van der Waals surface area contributed by atoms with Crippen LogP contribution in [0.2, 0.25) is 5.02 Å². The molecule has 4 rings (SSSR count). The third-order valence-electron chi connectivity index (χ3n) is 5.34. The van der Waals surface area contributed by atoms with Crippen LogP contribution in [0, 0.1) is 12.7 Å². The van der Waals surface area contributed by atoms with Crippen molar-refractivity contribution in [1.29, 1.82) is 0 Å². The topological polar surface area (TPSA) is 49.3 Å². The third-order valence-corrected chi connectivity index (χ3v) is 5.70. The maximum atomic E-state index is 14.0. The van der Waals surface area contributed by atoms with Crippen LogP contribution >= 0.6 is 11.6 Å². The van der Waals surface area contributed by atoms with Gasteiger partial charge in [-0.1, -0.05) is 47.5 Å². The molecule has 3 aromatic rings. The zero-order valence-electron chi connectivity index (χ0n) is 16.7. The largest absolute Gasteiger partial charge is 0.352 e. The van der Waals surface area contributed by atoms with Gasteiger partial charge in [-0.05, 0) is 31.2 Å². The van der Waals surface area contributed by atoms with Crippen molar-refractivity contribution in [1.82, 2.24) is 15.1 Å². The van der Waals surface area contributed by atoms with Crippen molar-refractivity contribution in [2.45, 2.75) is 13.3 Å². The summed E-state index contributed by atoms with van der Waals surface area (Å²) < 4.78 is 14.0. The van der Waals surface area contributed by atoms with Crippen molar-refractivity contribution < 1.29 is 9.18 Å². The molecule has 2 aromatic carbocycles. The fourth-order valence-corrected chi connectivity index (χ4v) is 3.75. The molecule has 5 nitrogen and oxygen atoms in total. The highest BCUT2D eigenvalue weighted by Gasteiger charge is 2.23. The molecule has 1 amide bonds. The van der Waals surface area contributed by atoms with E-state index in [2.05, 4.69) is 27.2 Å². The minimum Gasteiger partial charge on any atom is -0.352 e. The lowest BCUT2D eigenvalue weighted by Crippen LogP contribution is -2.49. The van der Waals surface area contributed by atoms with Gasteiger partial charge in [0.05, 0.1) is 12.1 Å². The standard InChI is InChI=1S/C23H22ClFN4O/c1-16-5-7-17(8-6-16)21-9-10-22(27-26-21)28-11-13-29(14-12-28)23(30)15-18-19(24)3-2-4-20(18)25/h2-10H,11-15H2,1H3. The van der Waals surface area contributed by atoms with E-state index >= 15 is 0 Å². The van der Waals surface area contributed by atoms with Crippen LogP contribution in [0.5, 0.6) is 0 Å². The molecule has 1 aliphatic heterocycles. The first-order valence-electron chi connectivity index (χ1n) is 9.87. The van der Waals surface area contributed by atoms with Gasteiger partial charge in [0.1, 0.15) is 5.82 Å². The quantitative estimate of drug-likeness (QED) is 0.631. The smallest absolute Gasteiger partial charge is 0.227 e. The Labute approximate surface area is 180 Å². The number of hydrogen-bond donors (Lipinski definition) is 0. The number of anilines is 1. The van der Waals surface area contributed by atoms with Crippen LogP contribution in [0.1, 0.15) is 11.1 Å². The highest BCUT2D eigenvalue weighted by Crippen LogP contribution is 2.22. The summed E-state index contributed by atoms with van der Waals surface area (Å²) in [6, 6.07) is 16.6. The van der Waals surface area contributed by atoms with Crippen LogP contribution in [-0.4, -0.2) is 47.2 Å². The Bertz CT molecular complexity index is 1010. The number of aryl methyl sites for hydroxylation is 1. The fourth-order valence-electron chi connectivity index (χ4n) is 3.52. The molecule has 1 aromatic heterocycles. The summed E-state index contributed by atoms with van der Waals surface area (Å²) in [5.74, 6) is 0.219. The van der Waals surface area contributed by atoms with Crippen LogP contribution in [0.25, 0.3) is 11.3 Å². The highest BCUT2D eigenvalue weighted by atomic mass is 35.5. The molecule has 2 heterocycles. The molecule has 1 saturated heterocycles. The monoisotopic (exact) mass is 424 g/mol. The SMILES string of the molecule is Cc1ccc(-c2ccc(N3CCN(C(=O)Cc4c(F)cccc4Cl)CC3)nn2)cc1. The molecule has 0 aliphatic carbocycles. The Balaban J connectivity index is 1.36. The van der Waals surface area contributed by atoms with Gasteiger partial charge in [0.2, 0.25) is 5.91 Å². The van der Waals surface area contributed by atoms with Gasteiger partial charge in [-0.25, -0.2) is 4.39 Å². The zero-order chi connectivity index (χ0) is 21.1. The van der Waals surface area contributed by atoms with Crippen LogP contribution in [0.15, 0.2) is 54.6 Å². The molecule has 0 bridgehead atoms. The number of carbonyl (C=O) groups is 1. The van der Waals surface area contributed by atoms with Crippen molar-refractivity contribution >= 4 is 23.3 Å². The molecule has 0 spiro atoms. The molecule has 1 aliphatic rings. The van der Waals surface area contributed by atoms with Gasteiger partial charge >= 0.3 is 0 Å². The Morgan fingerprint density at radius 3 is 2.37 bits per heavy atom. The number of aromatic nitrogens is 2. The van der Waals surface area contributed by atoms with Gasteiger partial charge in [-0.15, -0.1) is 10.2 Å². The summed E-state index contributed by atoms with van der Waals surface area (Å²) in [5.41, 5.74) is 3.31. The fraction of sp³-hybridized carbons (Fsp3) is 0.261. The molecule has 0 radical (unpaired) electrons. The number of hydrogen-bond acceptors (Lipinski definition) is 4. The maximum absolute atomic E-state index is 14.0. The molecular formula is C23H22ClFN4O. The van der Waals surface area contributed by atoms with E-state index < -0.39 is 5.82 Å². The number of amides is 1. The molecule has 30 heavy (non-hydrogen) atoms. The van der Waals surface area contributed by atoms with Crippen LogP contribution in [0.3, 0.4) is 0 Å². The lowest BCUT2D eigenvalue weighted by molar-refractivity contribution is -0.130. The third kappa shape index (κ3) is 4.44. The minimum atomic E-state index is -0.446. The van der Waals surface area contributed by atoms with Crippen LogP contribution in [0.4, 0.5) is 10.2 Å². The van der Waals surface area contributed by atoms with Crippen molar-refractivity contribution in [3.63, 3.8) is 0 Å². The van der Waals surface area contributed by atoms with Gasteiger partial charge in [0.25, 0.3) is 0 Å². The van der Waals surface area contributed by atoms with Gasteiger partial charge < -0.3 is 9.80 Å². The first kappa shape index (κ1) is 20.3. The van der Waals surface area contributed by atoms with Crippen molar-refractivity contribution in [3.05, 3.63) is 76.6 Å². The second-order valence-corrected chi connectivity index (χ2v) is 7.79. The summed E-state index contributed by atoms with van der Waals surface area (Å²) in [4.78, 5) is 16.4. The lowest BCUT2D eigenvalue weighted by atomic mass is 10.1. The minimum absolute atomic E-state index is 0.0312. The summed E-state index contributed by atoms with van der Waals surface area (Å²) in [6.07, 6.45) is -0.0312. The normalized spacial score (nSPS) is 14.1. The van der Waals surface area contributed by atoms with E-state index in [0.29, 0.717) is 26.2 Å². The van der Waals surface area contributed by atoms with Crippen molar-refractivity contribution in [2.24, 2.45) is 0 Å². The van der Waals surface area contributed by atoms with E-state index in [1.54, 1.807) is 11.0 Å². The van der Waals surface area contributed by atoms with Crippen molar-refractivity contribution in [2.75, 3.05) is 31.1 Å². The Morgan fingerprint density at radius 1 is 1.00 bits per heavy atom. The van der Waals surface area contributed by atoms with Gasteiger partial charge in [0.15, 0.2) is 5.82 Å². The molecule has 7 heteroatoms. The zero-order valence-corrected chi connectivity index (χ0v) is 17.4. The second kappa shape index (κ2) is 8.79. The first-order chi connectivity index (χ1) is 14.5. The van der Waals surface area contributed by atoms with E-state index in [0.717, 1.165) is 17.1 Å². The van der Waals surface area contributed by atoms with Gasteiger partial charge in [-0.3, -0.25) is 4.79 Å². The predicted octanol–water partition coefficient (Wildman–Crippen LogP) is 4.14. The molecule has 0 saturated carbocycles. The van der Waals surface area contributed by atoms with E-state index in [1.165, 1.54) is 17.7 Å². The van der Waals surface area contributed by atoms with E-state index in [9.17, 15) is 9.18 Å². The summed E-state index contributed by atoms with van der Waals surface area (Å²) in [5, 5.41) is 9.01. The Hall–Kier alpha value is -2.99. The van der Waals surface area contributed by atoms with Gasteiger partial charge in [-0.2, -0.15) is 0 Å². The van der Waals surface area contributed by atoms with E-state index in [4.69, 9.17) is 11.6 Å². The van der Waals surface area contributed by atoms with Crippen molar-refractivity contribution in [3.8, 4) is 11.3 Å². The molecule has 0 N–H and O–H groups in total. The van der Waals surface area contributed by atoms with E-state index in [-0.39, 0.29) is 22.9 Å². The molecule has 0 unspecified atom stereocenters. The van der Waals surface area contributed by atoms with Crippen LogP contribution < -0.4 is 4.90 Å². The molecule has 154 valence electrons. The van der Waals surface area contributed by atoms with E-state index in [1.807, 2.05) is 31.2 Å².